The summed E-state index contributed by atoms with van der Waals surface area (Å²) in [4.78, 5) is 33.4. The van der Waals surface area contributed by atoms with Gasteiger partial charge in [0.05, 0.1) is 47.2 Å². The van der Waals surface area contributed by atoms with E-state index in [4.69, 9.17) is 35.5 Å². The van der Waals surface area contributed by atoms with Crippen LogP contribution in [0.15, 0.2) is 111 Å². The Bertz CT molecular complexity index is 2200. The van der Waals surface area contributed by atoms with Crippen LogP contribution in [0.2, 0.25) is 5.02 Å². The van der Waals surface area contributed by atoms with E-state index in [0.29, 0.717) is 61.6 Å². The second-order valence-corrected chi connectivity index (χ2v) is 13.2. The molecule has 1 aliphatic rings. The van der Waals surface area contributed by atoms with Gasteiger partial charge in [-0.3, -0.25) is 9.36 Å². The average molecular weight is 760 g/mol. The average Bonchev–Trinajstić information content (AvgIpc) is 3.42. The lowest BCUT2D eigenvalue weighted by Crippen LogP contribution is -2.40. The molecule has 6 rings (SSSR count). The highest BCUT2D eigenvalue weighted by atomic mass is 79.9. The van der Waals surface area contributed by atoms with Crippen molar-refractivity contribution in [1.82, 2.24) is 4.57 Å². The van der Waals surface area contributed by atoms with E-state index in [1.807, 2.05) is 85.8 Å². The van der Waals surface area contributed by atoms with Crippen LogP contribution in [0.4, 0.5) is 0 Å². The fourth-order valence-electron chi connectivity index (χ4n) is 5.52. The Morgan fingerprint density at radius 2 is 1.71 bits per heavy atom. The number of esters is 1. The molecule has 0 saturated carbocycles. The third kappa shape index (κ3) is 7.36. The number of carbonyl (C=O) groups excluding carboxylic acids is 1. The number of methoxy groups -OCH3 is 1. The molecule has 0 unspecified atom stereocenters. The Labute approximate surface area is 300 Å². The molecule has 0 saturated heterocycles. The van der Waals surface area contributed by atoms with Gasteiger partial charge in [-0.15, -0.1) is 0 Å². The zero-order valence-electron chi connectivity index (χ0n) is 26.9. The molecule has 49 heavy (non-hydrogen) atoms. The Balaban J connectivity index is 1.48. The van der Waals surface area contributed by atoms with Crippen LogP contribution in [0.3, 0.4) is 0 Å². The van der Waals surface area contributed by atoms with Crippen LogP contribution in [0, 0.1) is 0 Å². The minimum atomic E-state index is -0.809. The van der Waals surface area contributed by atoms with Crippen molar-refractivity contribution in [3.63, 3.8) is 0 Å². The lowest BCUT2D eigenvalue weighted by Gasteiger charge is -2.26. The van der Waals surface area contributed by atoms with Crippen molar-refractivity contribution in [2.75, 3.05) is 20.3 Å². The van der Waals surface area contributed by atoms with Gasteiger partial charge in [0.2, 0.25) is 0 Å². The van der Waals surface area contributed by atoms with E-state index in [2.05, 4.69) is 15.9 Å². The van der Waals surface area contributed by atoms with E-state index in [1.54, 1.807) is 29.7 Å². The number of hydrogen-bond acceptors (Lipinski definition) is 8. The minimum Gasteiger partial charge on any atom is -0.494 e. The number of thiazole rings is 1. The monoisotopic (exact) mass is 758 g/mol. The lowest BCUT2D eigenvalue weighted by atomic mass is 9.93. The first-order valence-corrected chi connectivity index (χ1v) is 17.6. The molecule has 8 nitrogen and oxygen atoms in total. The van der Waals surface area contributed by atoms with Crippen molar-refractivity contribution in [3.8, 4) is 17.2 Å². The summed E-state index contributed by atoms with van der Waals surface area (Å²) in [6.45, 7) is 4.62. The first kappa shape index (κ1) is 34.2. The molecule has 1 aliphatic heterocycles. The number of benzene rings is 4. The molecule has 2 heterocycles. The largest absolute Gasteiger partial charge is 0.494 e. The van der Waals surface area contributed by atoms with Gasteiger partial charge in [-0.05, 0) is 73.0 Å². The van der Waals surface area contributed by atoms with Gasteiger partial charge < -0.3 is 18.9 Å². The summed E-state index contributed by atoms with van der Waals surface area (Å²) in [5.74, 6) is 0.951. The highest BCUT2D eigenvalue weighted by Crippen LogP contribution is 2.38. The summed E-state index contributed by atoms with van der Waals surface area (Å²) in [5, 5.41) is 0.332. The Kier molecular flexibility index (Phi) is 10.7. The number of nitrogens with zero attached hydrogens (tertiary/aromatic N) is 2. The topological polar surface area (TPSA) is 88.4 Å². The van der Waals surface area contributed by atoms with Gasteiger partial charge in [0.25, 0.3) is 5.56 Å². The van der Waals surface area contributed by atoms with E-state index in [1.165, 1.54) is 18.4 Å². The van der Waals surface area contributed by atoms with Gasteiger partial charge in [0.15, 0.2) is 16.3 Å². The van der Waals surface area contributed by atoms with E-state index in [-0.39, 0.29) is 17.7 Å². The molecule has 250 valence electrons. The Morgan fingerprint density at radius 1 is 0.980 bits per heavy atom. The zero-order chi connectivity index (χ0) is 34.5. The molecule has 0 N–H and O–H groups in total. The second kappa shape index (κ2) is 15.3. The quantitative estimate of drug-likeness (QED) is 0.131. The third-order valence-electron chi connectivity index (χ3n) is 7.73. The molecule has 0 radical (unpaired) electrons. The predicted molar refractivity (Wildman–Crippen MR) is 195 cm³/mol. The van der Waals surface area contributed by atoms with Gasteiger partial charge in [-0.1, -0.05) is 93.5 Å². The van der Waals surface area contributed by atoms with Crippen LogP contribution in [0.25, 0.3) is 11.8 Å². The maximum Gasteiger partial charge on any atom is 0.338 e. The summed E-state index contributed by atoms with van der Waals surface area (Å²) < 4.78 is 25.9. The van der Waals surface area contributed by atoms with Crippen molar-refractivity contribution in [1.29, 1.82) is 0 Å². The number of aromatic nitrogens is 1. The Morgan fingerprint density at radius 3 is 2.39 bits per heavy atom. The van der Waals surface area contributed by atoms with Crippen molar-refractivity contribution < 1.29 is 23.7 Å². The molecule has 0 amide bonds. The normalized spacial score (nSPS) is 14.2. The van der Waals surface area contributed by atoms with Crippen LogP contribution in [-0.2, 0) is 16.1 Å². The molecule has 5 aromatic rings. The van der Waals surface area contributed by atoms with Gasteiger partial charge in [-0.25, -0.2) is 9.79 Å². The summed E-state index contributed by atoms with van der Waals surface area (Å²) >= 11 is 11.4. The van der Waals surface area contributed by atoms with Gasteiger partial charge in [0, 0.05) is 10.0 Å². The summed E-state index contributed by atoms with van der Waals surface area (Å²) in [6, 6.07) is 27.3. The fraction of sp³-hybridized carbons (Fsp3) is 0.184. The summed E-state index contributed by atoms with van der Waals surface area (Å²) in [5.41, 5.74) is 3.44. The summed E-state index contributed by atoms with van der Waals surface area (Å²) in [6.07, 6.45) is 1.74. The molecule has 0 fully saturated rings. The fourth-order valence-corrected chi connectivity index (χ4v) is 7.06. The maximum absolute atomic E-state index is 14.3. The van der Waals surface area contributed by atoms with Crippen molar-refractivity contribution in [2.24, 2.45) is 4.99 Å². The highest BCUT2D eigenvalue weighted by Gasteiger charge is 2.35. The zero-order valence-corrected chi connectivity index (χ0v) is 30.1. The number of ether oxygens (including phenoxy) is 4. The SMILES string of the molecule is CCOC(=O)C1=C(c2ccccc2)N=c2s/c(=C\c3cc(Cl)c(OCc4ccc(Br)cc4)c(OC)c3)c(=O)n2[C@@H]1c1ccc(OCC)cc1. The standard InChI is InChI=1S/C38H32BrClN2O6S/c1-4-46-28-17-13-26(14-18-28)34-32(37(44)47-5-2)33(25-9-7-6-8-10-25)41-38-42(34)36(43)31(49-38)21-24-19-29(40)35(30(20-24)45-3)48-22-23-11-15-27(39)16-12-23/h6-21,34H,4-5,22H2,1-3H3/b31-21-/t34-/m1/s1. The van der Waals surface area contributed by atoms with Crippen LogP contribution in [0.5, 0.6) is 17.2 Å². The van der Waals surface area contributed by atoms with Crippen LogP contribution >= 0.6 is 38.9 Å². The molecule has 0 spiro atoms. The van der Waals surface area contributed by atoms with Crippen LogP contribution < -0.4 is 29.1 Å². The molecule has 11 heteroatoms. The smallest absolute Gasteiger partial charge is 0.338 e. The number of halogens is 2. The second-order valence-electron chi connectivity index (χ2n) is 10.9. The van der Waals surface area contributed by atoms with Crippen molar-refractivity contribution in [2.45, 2.75) is 26.5 Å². The molecule has 0 aliphatic carbocycles. The van der Waals surface area contributed by atoms with Gasteiger partial charge >= 0.3 is 5.97 Å². The van der Waals surface area contributed by atoms with E-state index in [0.717, 1.165) is 15.6 Å². The molecule has 1 atom stereocenters. The third-order valence-corrected chi connectivity index (χ3v) is 9.52. The molecular weight excluding hydrogens is 728 g/mol. The highest BCUT2D eigenvalue weighted by molar-refractivity contribution is 9.10. The first-order valence-electron chi connectivity index (χ1n) is 15.6. The molecule has 4 aromatic carbocycles. The number of hydrogen-bond donors (Lipinski definition) is 0. The predicted octanol–water partition coefficient (Wildman–Crippen LogP) is 7.34. The van der Waals surface area contributed by atoms with Crippen LogP contribution in [0.1, 0.15) is 42.1 Å². The number of fused-ring (bicyclic) bond motifs is 1. The lowest BCUT2D eigenvalue weighted by molar-refractivity contribution is -0.138. The molecule has 1 aromatic heterocycles. The Hall–Kier alpha value is -4.64. The van der Waals surface area contributed by atoms with Gasteiger partial charge in [0.1, 0.15) is 12.4 Å². The van der Waals surface area contributed by atoms with Gasteiger partial charge in [-0.2, -0.15) is 0 Å². The molecular formula is C38H32BrClN2O6S. The van der Waals surface area contributed by atoms with E-state index >= 15 is 0 Å². The minimum absolute atomic E-state index is 0.163. The summed E-state index contributed by atoms with van der Waals surface area (Å²) in [7, 11) is 1.54. The number of rotatable bonds is 11. The van der Waals surface area contributed by atoms with Crippen molar-refractivity contribution >= 4 is 56.6 Å². The van der Waals surface area contributed by atoms with Crippen molar-refractivity contribution in [3.05, 3.63) is 148 Å². The molecule has 0 bridgehead atoms. The number of carbonyl (C=O) groups is 1. The van der Waals surface area contributed by atoms with E-state index < -0.39 is 12.0 Å². The maximum atomic E-state index is 14.3. The van der Waals surface area contributed by atoms with Crippen LogP contribution in [-0.4, -0.2) is 30.9 Å². The first-order chi connectivity index (χ1) is 23.8. The van der Waals surface area contributed by atoms with E-state index in [9.17, 15) is 9.59 Å².